The van der Waals surface area contributed by atoms with E-state index >= 15 is 0 Å². The van der Waals surface area contributed by atoms with Gasteiger partial charge in [0.2, 0.25) is 0 Å². The topological polar surface area (TPSA) is 51.8 Å². The minimum Gasteiger partial charge on any atom is -0.456 e. The fourth-order valence-corrected chi connectivity index (χ4v) is 8.85. The average molecular weight is 708 g/mol. The number of furan rings is 1. The van der Waals surface area contributed by atoms with Crippen LogP contribution in [0.2, 0.25) is 0 Å². The van der Waals surface area contributed by atoms with Gasteiger partial charge in [0.05, 0.1) is 17.1 Å². The summed E-state index contributed by atoms with van der Waals surface area (Å²) in [7, 11) is 0. The van der Waals surface area contributed by atoms with Gasteiger partial charge in [-0.2, -0.15) is 0 Å². The minimum atomic E-state index is 0.678. The van der Waals surface area contributed by atoms with Crippen molar-refractivity contribution in [3.8, 4) is 56.3 Å². The first-order valence-corrected chi connectivity index (χ1v) is 18.8. The molecule has 4 aromatic heterocycles. The van der Waals surface area contributed by atoms with E-state index in [0.29, 0.717) is 5.82 Å². The van der Waals surface area contributed by atoms with E-state index in [0.717, 1.165) is 82.6 Å². The Morgan fingerprint density at radius 1 is 0.389 bits per heavy atom. The predicted octanol–water partition coefficient (Wildman–Crippen LogP) is 13.6. The number of rotatable bonds is 5. The summed E-state index contributed by atoms with van der Waals surface area (Å²) in [6, 6.07) is 61.3. The molecule has 7 aromatic carbocycles. The van der Waals surface area contributed by atoms with Crippen molar-refractivity contribution in [1.29, 1.82) is 0 Å². The van der Waals surface area contributed by atoms with E-state index in [4.69, 9.17) is 19.4 Å². The number of hydrogen-bond donors (Lipinski definition) is 0. The van der Waals surface area contributed by atoms with Gasteiger partial charge in [0.25, 0.3) is 0 Å². The lowest BCUT2D eigenvalue weighted by atomic mass is 9.98. The maximum absolute atomic E-state index is 6.17. The van der Waals surface area contributed by atoms with E-state index in [1.807, 2.05) is 36.4 Å². The number of fused-ring (bicyclic) bond motifs is 8. The Morgan fingerprint density at radius 2 is 0.981 bits per heavy atom. The molecule has 54 heavy (non-hydrogen) atoms. The zero-order chi connectivity index (χ0) is 35.6. The van der Waals surface area contributed by atoms with Crippen LogP contribution in [0.4, 0.5) is 0 Å². The molecule has 0 aliphatic rings. The minimum absolute atomic E-state index is 0.678. The molecule has 4 nitrogen and oxygen atoms in total. The second-order valence-corrected chi connectivity index (χ2v) is 14.6. The van der Waals surface area contributed by atoms with Crippen LogP contribution < -0.4 is 0 Å². The van der Waals surface area contributed by atoms with E-state index in [2.05, 4.69) is 140 Å². The standard InChI is InChI=1S/C49H29N3OS/c1-2-11-31(12-3-1)40-29-41(51-48(50-40)34-27-21-30(22-28-34)35-17-10-19-43-45(35)38-15-6-8-18-42(38)53-43)32-23-25-33(26-24-32)47-37-14-5-4-13-36(37)46-39-16-7-9-20-44(39)54-49(46)52-47/h1-29H. The molecule has 11 rings (SSSR count). The first-order valence-electron chi connectivity index (χ1n) is 18.0. The van der Waals surface area contributed by atoms with E-state index in [9.17, 15) is 0 Å². The molecule has 0 aliphatic heterocycles. The summed E-state index contributed by atoms with van der Waals surface area (Å²) in [5.74, 6) is 0.678. The maximum atomic E-state index is 6.17. The summed E-state index contributed by atoms with van der Waals surface area (Å²) >= 11 is 1.75. The highest BCUT2D eigenvalue weighted by Gasteiger charge is 2.17. The Morgan fingerprint density at radius 3 is 1.78 bits per heavy atom. The first-order chi connectivity index (χ1) is 26.7. The largest absolute Gasteiger partial charge is 0.456 e. The number of pyridine rings is 1. The molecule has 4 heterocycles. The molecule has 0 spiro atoms. The lowest BCUT2D eigenvalue weighted by molar-refractivity contribution is 0.669. The van der Waals surface area contributed by atoms with E-state index in [-0.39, 0.29) is 0 Å². The second-order valence-electron chi connectivity index (χ2n) is 13.5. The van der Waals surface area contributed by atoms with Gasteiger partial charge in [-0.1, -0.05) is 152 Å². The normalized spacial score (nSPS) is 11.7. The number of nitrogens with zero attached hydrogens (tertiary/aromatic N) is 3. The van der Waals surface area contributed by atoms with Crippen molar-refractivity contribution >= 4 is 64.4 Å². The van der Waals surface area contributed by atoms with Gasteiger partial charge in [0, 0.05) is 53.9 Å². The molecule has 11 aromatic rings. The third-order valence-corrected chi connectivity index (χ3v) is 11.4. The summed E-state index contributed by atoms with van der Waals surface area (Å²) in [6.45, 7) is 0. The van der Waals surface area contributed by atoms with Crippen molar-refractivity contribution in [1.82, 2.24) is 15.0 Å². The van der Waals surface area contributed by atoms with Gasteiger partial charge >= 0.3 is 0 Å². The fraction of sp³-hybridized carbons (Fsp3) is 0. The molecule has 0 radical (unpaired) electrons. The van der Waals surface area contributed by atoms with E-state index < -0.39 is 0 Å². The van der Waals surface area contributed by atoms with Gasteiger partial charge in [-0.05, 0) is 40.8 Å². The van der Waals surface area contributed by atoms with Crippen LogP contribution in [0.1, 0.15) is 0 Å². The Kier molecular flexibility index (Phi) is 7.00. The highest BCUT2D eigenvalue weighted by molar-refractivity contribution is 7.25. The van der Waals surface area contributed by atoms with E-state index in [1.54, 1.807) is 11.3 Å². The molecule has 5 heteroatoms. The number of thiophene rings is 1. The molecular formula is C49H29N3OS. The summed E-state index contributed by atoms with van der Waals surface area (Å²) in [4.78, 5) is 16.6. The molecule has 0 saturated carbocycles. The van der Waals surface area contributed by atoms with Crippen molar-refractivity contribution in [3.63, 3.8) is 0 Å². The number of hydrogen-bond acceptors (Lipinski definition) is 5. The predicted molar refractivity (Wildman–Crippen MR) is 225 cm³/mol. The van der Waals surface area contributed by atoms with Crippen LogP contribution in [0.5, 0.6) is 0 Å². The number of aromatic nitrogens is 3. The van der Waals surface area contributed by atoms with Crippen molar-refractivity contribution in [2.24, 2.45) is 0 Å². The SMILES string of the molecule is c1ccc(-c2cc(-c3ccc(-c4nc5sc6ccccc6c5c5ccccc45)cc3)nc(-c3ccc(-c4cccc5oc6ccccc6c45)cc3)n2)cc1. The fourth-order valence-electron chi connectivity index (χ4n) is 7.75. The van der Waals surface area contributed by atoms with Crippen LogP contribution in [-0.4, -0.2) is 15.0 Å². The van der Waals surface area contributed by atoms with Crippen molar-refractivity contribution < 1.29 is 4.42 Å². The van der Waals surface area contributed by atoms with Crippen LogP contribution >= 0.6 is 11.3 Å². The van der Waals surface area contributed by atoms with Crippen LogP contribution in [0, 0.1) is 0 Å². The van der Waals surface area contributed by atoms with Crippen LogP contribution in [0.3, 0.4) is 0 Å². The van der Waals surface area contributed by atoms with Crippen molar-refractivity contribution in [2.45, 2.75) is 0 Å². The molecule has 0 aliphatic carbocycles. The Labute approximate surface area is 314 Å². The molecule has 252 valence electrons. The van der Waals surface area contributed by atoms with E-state index in [1.165, 1.54) is 20.9 Å². The Balaban J connectivity index is 1.00. The van der Waals surface area contributed by atoms with Gasteiger partial charge in [-0.25, -0.2) is 15.0 Å². The van der Waals surface area contributed by atoms with Crippen LogP contribution in [0.15, 0.2) is 180 Å². The Hall–Kier alpha value is -6.95. The second kappa shape index (κ2) is 12.3. The molecule has 0 saturated heterocycles. The zero-order valence-electron chi connectivity index (χ0n) is 28.9. The molecule has 0 unspecified atom stereocenters. The number of benzene rings is 7. The van der Waals surface area contributed by atoms with Crippen molar-refractivity contribution in [2.75, 3.05) is 0 Å². The monoisotopic (exact) mass is 707 g/mol. The third kappa shape index (κ3) is 5.01. The summed E-state index contributed by atoms with van der Waals surface area (Å²) in [5, 5.41) is 7.11. The quantitative estimate of drug-likeness (QED) is 0.179. The maximum Gasteiger partial charge on any atom is 0.160 e. The molecule has 0 bridgehead atoms. The van der Waals surface area contributed by atoms with Gasteiger partial charge in [0.1, 0.15) is 16.0 Å². The molecule has 0 amide bonds. The lowest BCUT2D eigenvalue weighted by Gasteiger charge is -2.11. The zero-order valence-corrected chi connectivity index (χ0v) is 29.7. The highest BCUT2D eigenvalue weighted by atomic mass is 32.1. The van der Waals surface area contributed by atoms with Gasteiger partial charge in [0.15, 0.2) is 5.82 Å². The highest BCUT2D eigenvalue weighted by Crippen LogP contribution is 2.41. The average Bonchev–Trinajstić information content (AvgIpc) is 3.82. The van der Waals surface area contributed by atoms with Gasteiger partial charge < -0.3 is 4.42 Å². The summed E-state index contributed by atoms with van der Waals surface area (Å²) < 4.78 is 7.43. The van der Waals surface area contributed by atoms with Gasteiger partial charge in [-0.15, -0.1) is 11.3 Å². The van der Waals surface area contributed by atoms with Crippen LogP contribution in [-0.2, 0) is 0 Å². The molecule has 0 atom stereocenters. The first kappa shape index (κ1) is 30.7. The third-order valence-electron chi connectivity index (χ3n) is 10.3. The smallest absolute Gasteiger partial charge is 0.160 e. The number of para-hydroxylation sites is 1. The Bertz CT molecular complexity index is 3200. The van der Waals surface area contributed by atoms with Gasteiger partial charge in [-0.3, -0.25) is 0 Å². The van der Waals surface area contributed by atoms with Crippen LogP contribution in [0.25, 0.3) is 109 Å². The lowest BCUT2D eigenvalue weighted by Crippen LogP contribution is -1.96. The molecule has 0 N–H and O–H groups in total. The summed E-state index contributed by atoms with van der Waals surface area (Å²) in [6.07, 6.45) is 0. The molecular weight excluding hydrogens is 679 g/mol. The van der Waals surface area contributed by atoms with Crippen molar-refractivity contribution in [3.05, 3.63) is 176 Å². The summed E-state index contributed by atoms with van der Waals surface area (Å²) in [5.41, 5.74) is 10.8. The molecule has 0 fully saturated rings.